The van der Waals surface area contributed by atoms with Crippen LogP contribution in [-0.4, -0.2) is 25.4 Å². The van der Waals surface area contributed by atoms with Crippen LogP contribution < -0.4 is 5.32 Å². The Morgan fingerprint density at radius 2 is 2.21 bits per heavy atom. The highest BCUT2D eigenvalue weighted by Gasteiger charge is 2.39. The normalized spacial score (nSPS) is 28.0. The second-order valence-electron chi connectivity index (χ2n) is 4.36. The highest BCUT2D eigenvalue weighted by atomic mass is 19.1. The fourth-order valence-corrected chi connectivity index (χ4v) is 2.37. The molecule has 2 aliphatic rings. The Morgan fingerprint density at radius 1 is 1.50 bits per heavy atom. The van der Waals surface area contributed by atoms with Gasteiger partial charge in [0.05, 0.1) is 12.9 Å². The number of piperidine rings is 1. The average Bonchev–Trinajstić information content (AvgIpc) is 2.72. The molecular formula is C11H18FNO. The van der Waals surface area contributed by atoms with Crippen LogP contribution in [0.5, 0.6) is 0 Å². The molecule has 0 bridgehead atoms. The minimum Gasteiger partial charge on any atom is -0.501 e. The number of halogens is 1. The van der Waals surface area contributed by atoms with Gasteiger partial charge in [-0.25, -0.2) is 4.39 Å². The van der Waals surface area contributed by atoms with E-state index in [-0.39, 0.29) is 5.92 Å². The van der Waals surface area contributed by atoms with Gasteiger partial charge in [0, 0.05) is 12.0 Å². The minimum absolute atomic E-state index is 0.164. The SMILES string of the molecule is CC(F)(C1=COCC1)C1CCNCC1. The minimum atomic E-state index is -1.15. The maximum Gasteiger partial charge on any atom is 0.135 e. The van der Waals surface area contributed by atoms with Gasteiger partial charge in [-0.2, -0.15) is 0 Å². The van der Waals surface area contributed by atoms with Crippen molar-refractivity contribution in [3.8, 4) is 0 Å². The van der Waals surface area contributed by atoms with Crippen LogP contribution in [0.1, 0.15) is 26.2 Å². The first kappa shape index (κ1) is 9.97. The lowest BCUT2D eigenvalue weighted by Gasteiger charge is -2.34. The van der Waals surface area contributed by atoms with E-state index >= 15 is 0 Å². The highest BCUT2D eigenvalue weighted by Crippen LogP contribution is 2.38. The van der Waals surface area contributed by atoms with Crippen LogP contribution in [0.15, 0.2) is 11.8 Å². The molecule has 2 rings (SSSR count). The number of rotatable bonds is 2. The highest BCUT2D eigenvalue weighted by molar-refractivity contribution is 5.18. The van der Waals surface area contributed by atoms with Gasteiger partial charge >= 0.3 is 0 Å². The molecular weight excluding hydrogens is 181 g/mol. The summed E-state index contributed by atoms with van der Waals surface area (Å²) in [5.74, 6) is 0.164. The molecule has 0 radical (unpaired) electrons. The Kier molecular flexibility index (Phi) is 2.77. The zero-order valence-corrected chi connectivity index (χ0v) is 8.68. The fraction of sp³-hybridized carbons (Fsp3) is 0.818. The summed E-state index contributed by atoms with van der Waals surface area (Å²) < 4.78 is 19.6. The van der Waals surface area contributed by atoms with E-state index in [9.17, 15) is 4.39 Å². The van der Waals surface area contributed by atoms with E-state index in [1.165, 1.54) is 0 Å². The summed E-state index contributed by atoms with van der Waals surface area (Å²) >= 11 is 0. The van der Waals surface area contributed by atoms with Gasteiger partial charge < -0.3 is 10.1 Å². The zero-order valence-electron chi connectivity index (χ0n) is 8.68. The molecule has 2 heterocycles. The summed E-state index contributed by atoms with van der Waals surface area (Å²) in [5.41, 5.74) is -0.303. The molecule has 0 spiro atoms. The lowest BCUT2D eigenvalue weighted by Crippen LogP contribution is -2.39. The van der Waals surface area contributed by atoms with Crippen molar-refractivity contribution in [3.05, 3.63) is 11.8 Å². The van der Waals surface area contributed by atoms with Gasteiger partial charge in [-0.1, -0.05) is 0 Å². The van der Waals surface area contributed by atoms with Crippen LogP contribution in [0.3, 0.4) is 0 Å². The molecule has 1 N–H and O–H groups in total. The third kappa shape index (κ3) is 1.78. The molecule has 14 heavy (non-hydrogen) atoms. The first-order valence-corrected chi connectivity index (χ1v) is 5.42. The second kappa shape index (κ2) is 3.89. The standard InChI is InChI=1S/C11H18FNO/c1-11(12,10-4-7-14-8-10)9-2-5-13-6-3-9/h8-9,13H,2-7H2,1H3. The van der Waals surface area contributed by atoms with Gasteiger partial charge in [-0.3, -0.25) is 0 Å². The molecule has 1 saturated heterocycles. The molecule has 0 saturated carbocycles. The summed E-state index contributed by atoms with van der Waals surface area (Å²) in [4.78, 5) is 0. The van der Waals surface area contributed by atoms with Crippen molar-refractivity contribution in [1.29, 1.82) is 0 Å². The first-order valence-electron chi connectivity index (χ1n) is 5.42. The molecule has 0 aromatic rings. The van der Waals surface area contributed by atoms with Gasteiger partial charge in [0.1, 0.15) is 5.67 Å². The summed E-state index contributed by atoms with van der Waals surface area (Å²) in [5, 5.41) is 3.26. The third-order valence-corrected chi connectivity index (χ3v) is 3.45. The summed E-state index contributed by atoms with van der Waals surface area (Å²) in [6.45, 7) is 4.25. The fourth-order valence-electron chi connectivity index (χ4n) is 2.37. The Labute approximate surface area is 84.5 Å². The van der Waals surface area contributed by atoms with Crippen LogP contribution in [0, 0.1) is 5.92 Å². The maximum atomic E-state index is 14.5. The van der Waals surface area contributed by atoms with Crippen LogP contribution in [-0.2, 0) is 4.74 Å². The van der Waals surface area contributed by atoms with Crippen LogP contribution in [0.2, 0.25) is 0 Å². The second-order valence-corrected chi connectivity index (χ2v) is 4.36. The first-order chi connectivity index (χ1) is 6.71. The molecule has 1 atom stereocenters. The Bertz CT molecular complexity index is 231. The van der Waals surface area contributed by atoms with Crippen molar-refractivity contribution in [3.63, 3.8) is 0 Å². The number of alkyl halides is 1. The van der Waals surface area contributed by atoms with E-state index in [0.29, 0.717) is 6.61 Å². The molecule has 0 aliphatic carbocycles. The quantitative estimate of drug-likeness (QED) is 0.734. The monoisotopic (exact) mass is 199 g/mol. The lowest BCUT2D eigenvalue weighted by atomic mass is 9.78. The zero-order chi connectivity index (χ0) is 10.0. The van der Waals surface area contributed by atoms with Crippen molar-refractivity contribution in [2.24, 2.45) is 5.92 Å². The molecule has 0 amide bonds. The maximum absolute atomic E-state index is 14.5. The van der Waals surface area contributed by atoms with Crippen LogP contribution in [0.25, 0.3) is 0 Å². The summed E-state index contributed by atoms with van der Waals surface area (Å²) in [6.07, 6.45) is 4.26. The van der Waals surface area contributed by atoms with Gasteiger partial charge in [-0.15, -0.1) is 0 Å². The summed E-state index contributed by atoms with van der Waals surface area (Å²) in [6, 6.07) is 0. The van der Waals surface area contributed by atoms with Gasteiger partial charge in [-0.05, 0) is 38.8 Å². The van der Waals surface area contributed by atoms with Gasteiger partial charge in [0.15, 0.2) is 0 Å². The summed E-state index contributed by atoms with van der Waals surface area (Å²) in [7, 11) is 0. The van der Waals surface area contributed by atoms with E-state index in [1.807, 2.05) is 0 Å². The molecule has 2 aliphatic heterocycles. The van der Waals surface area contributed by atoms with E-state index in [4.69, 9.17) is 4.74 Å². The van der Waals surface area contributed by atoms with Crippen LogP contribution in [0.4, 0.5) is 4.39 Å². The van der Waals surface area contributed by atoms with E-state index in [2.05, 4.69) is 5.32 Å². The number of hydrogen-bond donors (Lipinski definition) is 1. The van der Waals surface area contributed by atoms with Gasteiger partial charge in [0.2, 0.25) is 0 Å². The Hall–Kier alpha value is -0.570. The lowest BCUT2D eigenvalue weighted by molar-refractivity contribution is 0.114. The van der Waals surface area contributed by atoms with Crippen molar-refractivity contribution in [2.45, 2.75) is 31.9 Å². The van der Waals surface area contributed by atoms with Crippen molar-refractivity contribution in [1.82, 2.24) is 5.32 Å². The topological polar surface area (TPSA) is 21.3 Å². The molecule has 80 valence electrons. The number of hydrogen-bond acceptors (Lipinski definition) is 2. The Balaban J connectivity index is 2.05. The molecule has 2 nitrogen and oxygen atoms in total. The number of nitrogens with one attached hydrogen (secondary N) is 1. The largest absolute Gasteiger partial charge is 0.501 e. The van der Waals surface area contributed by atoms with E-state index in [1.54, 1.807) is 13.2 Å². The predicted molar refractivity (Wildman–Crippen MR) is 53.8 cm³/mol. The number of ether oxygens (including phenoxy) is 1. The molecule has 0 aromatic heterocycles. The molecule has 1 fully saturated rings. The van der Waals surface area contributed by atoms with Crippen molar-refractivity contribution >= 4 is 0 Å². The molecule has 3 heteroatoms. The van der Waals surface area contributed by atoms with E-state index in [0.717, 1.165) is 37.9 Å². The molecule has 0 aromatic carbocycles. The Morgan fingerprint density at radius 3 is 2.79 bits per heavy atom. The smallest absolute Gasteiger partial charge is 0.135 e. The average molecular weight is 199 g/mol. The van der Waals surface area contributed by atoms with Crippen molar-refractivity contribution < 1.29 is 9.13 Å². The third-order valence-electron chi connectivity index (χ3n) is 3.45. The van der Waals surface area contributed by atoms with Gasteiger partial charge in [0.25, 0.3) is 0 Å². The van der Waals surface area contributed by atoms with Crippen LogP contribution >= 0.6 is 0 Å². The van der Waals surface area contributed by atoms with E-state index < -0.39 is 5.67 Å². The van der Waals surface area contributed by atoms with Crippen molar-refractivity contribution in [2.75, 3.05) is 19.7 Å². The predicted octanol–water partition coefficient (Wildman–Crippen LogP) is 2.02. The molecule has 1 unspecified atom stereocenters.